The van der Waals surface area contributed by atoms with Crippen LogP contribution in [0.1, 0.15) is 28.7 Å². The molecule has 29 heavy (non-hydrogen) atoms. The number of rotatable bonds is 3. The molecule has 2 aromatic heterocycles. The number of cyclic esters (lactones) is 1. The maximum Gasteiger partial charge on any atom is 0.410 e. The van der Waals surface area contributed by atoms with Crippen LogP contribution in [0.3, 0.4) is 0 Å². The number of pyridine rings is 1. The molecule has 7 nitrogen and oxygen atoms in total. The lowest BCUT2D eigenvalue weighted by Crippen LogP contribution is -2.46. The Morgan fingerprint density at radius 3 is 2.86 bits per heavy atom. The Bertz CT molecular complexity index is 1110. The predicted octanol–water partition coefficient (Wildman–Crippen LogP) is 2.80. The van der Waals surface area contributed by atoms with Gasteiger partial charge in [-0.1, -0.05) is 24.3 Å². The van der Waals surface area contributed by atoms with Gasteiger partial charge in [-0.15, -0.1) is 0 Å². The summed E-state index contributed by atoms with van der Waals surface area (Å²) in [5, 5.41) is 1.19. The van der Waals surface area contributed by atoms with Crippen molar-refractivity contribution < 1.29 is 14.3 Å². The van der Waals surface area contributed by atoms with Gasteiger partial charge in [0.25, 0.3) is 0 Å². The first kappa shape index (κ1) is 17.7. The Kier molecular flexibility index (Phi) is 4.23. The molecule has 0 aliphatic carbocycles. The lowest BCUT2D eigenvalue weighted by atomic mass is 9.94. The minimum absolute atomic E-state index is 0.0245. The molecular formula is C22H22N4O3. The molecule has 2 aliphatic rings. The van der Waals surface area contributed by atoms with E-state index in [9.17, 15) is 9.59 Å². The highest BCUT2D eigenvalue weighted by molar-refractivity contribution is 5.87. The third-order valence-corrected chi connectivity index (χ3v) is 5.72. The summed E-state index contributed by atoms with van der Waals surface area (Å²) in [6, 6.07) is 13.8. The van der Waals surface area contributed by atoms with Gasteiger partial charge in [-0.3, -0.25) is 14.7 Å². The Balaban J connectivity index is 1.57. The van der Waals surface area contributed by atoms with E-state index in [-0.39, 0.29) is 18.5 Å². The van der Waals surface area contributed by atoms with Crippen LogP contribution in [-0.2, 0) is 16.0 Å². The van der Waals surface area contributed by atoms with Crippen LogP contribution < -0.4 is 0 Å². The molecule has 2 amide bonds. The molecule has 1 aromatic carbocycles. The number of aryl methyl sites for hydroxylation is 1. The first-order valence-electron chi connectivity index (χ1n) is 9.86. The van der Waals surface area contributed by atoms with Crippen LogP contribution in [0.2, 0.25) is 0 Å². The number of hydrogen-bond donors (Lipinski definition) is 1. The summed E-state index contributed by atoms with van der Waals surface area (Å²) in [5.74, 6) is -0.0959. The molecule has 0 bridgehead atoms. The van der Waals surface area contributed by atoms with Crippen molar-refractivity contribution >= 4 is 22.9 Å². The fourth-order valence-corrected chi connectivity index (χ4v) is 4.36. The van der Waals surface area contributed by atoms with Gasteiger partial charge in [-0.05, 0) is 37.1 Å². The monoisotopic (exact) mass is 390 g/mol. The highest BCUT2D eigenvalue weighted by atomic mass is 16.6. The van der Waals surface area contributed by atoms with E-state index in [2.05, 4.69) is 17.1 Å². The summed E-state index contributed by atoms with van der Waals surface area (Å²) >= 11 is 0. The van der Waals surface area contributed by atoms with Crippen molar-refractivity contribution in [1.29, 1.82) is 0 Å². The standard InChI is InChI=1S/C22H22N4O3/c1-14-5-4-8-18(23-14)21-20-16(15-6-2-3-7-17(15)24-20)9-10-26(21)19(27)13-25-11-12-29-22(25)28/h2-8,21,24H,9-13H2,1H3/t21-/m0/s1. The molecule has 1 atom stereocenters. The van der Waals surface area contributed by atoms with E-state index in [1.54, 1.807) is 0 Å². The summed E-state index contributed by atoms with van der Waals surface area (Å²) in [6.07, 6.45) is 0.338. The average Bonchev–Trinajstić information content (AvgIpc) is 3.30. The van der Waals surface area contributed by atoms with Gasteiger partial charge >= 0.3 is 6.09 Å². The van der Waals surface area contributed by atoms with Crippen LogP contribution in [0, 0.1) is 6.92 Å². The number of ether oxygens (including phenoxy) is 1. The van der Waals surface area contributed by atoms with E-state index in [4.69, 9.17) is 9.72 Å². The largest absolute Gasteiger partial charge is 0.448 e. The Morgan fingerprint density at radius 2 is 2.07 bits per heavy atom. The van der Waals surface area contributed by atoms with Gasteiger partial charge in [0.1, 0.15) is 19.2 Å². The van der Waals surface area contributed by atoms with Crippen LogP contribution in [0.5, 0.6) is 0 Å². The molecule has 5 rings (SSSR count). The molecule has 0 saturated carbocycles. The smallest absolute Gasteiger partial charge is 0.410 e. The van der Waals surface area contributed by atoms with Crippen LogP contribution in [0.25, 0.3) is 10.9 Å². The summed E-state index contributed by atoms with van der Waals surface area (Å²) in [5.41, 5.74) is 5.04. The maximum absolute atomic E-state index is 13.2. The Labute approximate surface area is 168 Å². The highest BCUT2D eigenvalue weighted by Gasteiger charge is 2.37. The zero-order chi connectivity index (χ0) is 20.0. The molecule has 7 heteroatoms. The van der Waals surface area contributed by atoms with Crippen LogP contribution in [-0.4, -0.2) is 58.0 Å². The van der Waals surface area contributed by atoms with Gasteiger partial charge < -0.3 is 14.6 Å². The molecule has 3 aromatic rings. The zero-order valence-electron chi connectivity index (χ0n) is 16.2. The molecule has 148 valence electrons. The van der Waals surface area contributed by atoms with Gasteiger partial charge in [0, 0.05) is 28.8 Å². The molecule has 2 aliphatic heterocycles. The predicted molar refractivity (Wildman–Crippen MR) is 107 cm³/mol. The summed E-state index contributed by atoms with van der Waals surface area (Å²) in [4.78, 5) is 36.6. The Hall–Kier alpha value is -3.35. The van der Waals surface area contributed by atoms with E-state index < -0.39 is 6.09 Å². The molecule has 4 heterocycles. The van der Waals surface area contributed by atoms with Crippen molar-refractivity contribution in [3.05, 3.63) is 65.1 Å². The first-order valence-corrected chi connectivity index (χ1v) is 9.86. The number of amides is 2. The number of aromatic nitrogens is 2. The number of H-pyrrole nitrogens is 1. The van der Waals surface area contributed by atoms with Crippen molar-refractivity contribution in [3.8, 4) is 0 Å². The lowest BCUT2D eigenvalue weighted by Gasteiger charge is -2.36. The molecule has 1 fully saturated rings. The number of benzene rings is 1. The number of para-hydroxylation sites is 1. The van der Waals surface area contributed by atoms with E-state index in [0.717, 1.165) is 29.0 Å². The fourth-order valence-electron chi connectivity index (χ4n) is 4.36. The minimum atomic E-state index is -0.424. The topological polar surface area (TPSA) is 78.5 Å². The van der Waals surface area contributed by atoms with Gasteiger partial charge in [-0.2, -0.15) is 0 Å². The third kappa shape index (κ3) is 3.03. The number of fused-ring (bicyclic) bond motifs is 3. The van der Waals surface area contributed by atoms with Gasteiger partial charge in [0.15, 0.2) is 0 Å². The van der Waals surface area contributed by atoms with E-state index in [0.29, 0.717) is 19.7 Å². The van der Waals surface area contributed by atoms with Crippen LogP contribution in [0.15, 0.2) is 42.5 Å². The first-order chi connectivity index (χ1) is 14.1. The van der Waals surface area contributed by atoms with Crippen molar-refractivity contribution in [3.63, 3.8) is 0 Å². The third-order valence-electron chi connectivity index (χ3n) is 5.72. The number of nitrogens with one attached hydrogen (secondary N) is 1. The van der Waals surface area contributed by atoms with E-state index in [1.165, 1.54) is 15.8 Å². The highest BCUT2D eigenvalue weighted by Crippen LogP contribution is 2.37. The lowest BCUT2D eigenvalue weighted by molar-refractivity contribution is -0.134. The second kappa shape index (κ2) is 6.92. The molecule has 0 unspecified atom stereocenters. The summed E-state index contributed by atoms with van der Waals surface area (Å²) in [7, 11) is 0. The van der Waals surface area contributed by atoms with Crippen LogP contribution >= 0.6 is 0 Å². The van der Waals surface area contributed by atoms with Crippen molar-refractivity contribution in [2.75, 3.05) is 26.2 Å². The van der Waals surface area contributed by atoms with Crippen molar-refractivity contribution in [2.24, 2.45) is 0 Å². The quantitative estimate of drug-likeness (QED) is 0.746. The van der Waals surface area contributed by atoms with E-state index in [1.807, 2.05) is 42.2 Å². The minimum Gasteiger partial charge on any atom is -0.448 e. The number of carbonyl (C=O) groups excluding carboxylic acids is 2. The normalized spacial score (nSPS) is 18.8. The number of hydrogen-bond acceptors (Lipinski definition) is 4. The number of carbonyl (C=O) groups is 2. The molecule has 0 radical (unpaired) electrons. The second-order valence-corrected chi connectivity index (χ2v) is 7.54. The molecular weight excluding hydrogens is 368 g/mol. The summed E-state index contributed by atoms with van der Waals surface area (Å²) < 4.78 is 4.97. The molecule has 0 spiro atoms. The fraction of sp³-hybridized carbons (Fsp3) is 0.318. The Morgan fingerprint density at radius 1 is 1.21 bits per heavy atom. The molecule has 1 saturated heterocycles. The molecule has 1 N–H and O–H groups in total. The van der Waals surface area contributed by atoms with Crippen LogP contribution in [0.4, 0.5) is 4.79 Å². The number of nitrogens with zero attached hydrogens (tertiary/aromatic N) is 3. The zero-order valence-corrected chi connectivity index (χ0v) is 16.2. The van der Waals surface area contributed by atoms with Gasteiger partial charge in [0.2, 0.25) is 5.91 Å². The maximum atomic E-state index is 13.2. The van der Waals surface area contributed by atoms with Gasteiger partial charge in [0.05, 0.1) is 12.2 Å². The van der Waals surface area contributed by atoms with Crippen molar-refractivity contribution in [2.45, 2.75) is 19.4 Å². The average molecular weight is 390 g/mol. The summed E-state index contributed by atoms with van der Waals surface area (Å²) in [6.45, 7) is 3.34. The van der Waals surface area contributed by atoms with Crippen molar-refractivity contribution in [1.82, 2.24) is 19.8 Å². The SMILES string of the molecule is Cc1cccc([C@H]2c3[nH]c4ccccc4c3CCN2C(=O)CN2CCOC2=O)n1. The van der Waals surface area contributed by atoms with E-state index >= 15 is 0 Å². The number of aromatic amines is 1. The van der Waals surface area contributed by atoms with Gasteiger partial charge in [-0.25, -0.2) is 4.79 Å². The second-order valence-electron chi connectivity index (χ2n) is 7.54.